The van der Waals surface area contributed by atoms with Crippen LogP contribution in [-0.2, 0) is 10.2 Å². The fourth-order valence-electron chi connectivity index (χ4n) is 1.92. The van der Waals surface area contributed by atoms with Crippen molar-refractivity contribution in [1.82, 2.24) is 9.62 Å². The van der Waals surface area contributed by atoms with E-state index in [-0.39, 0.29) is 11.4 Å². The Labute approximate surface area is 117 Å². The molecule has 8 nitrogen and oxygen atoms in total. The zero-order valence-electron chi connectivity index (χ0n) is 11.0. The maximum Gasteiger partial charge on any atom is 0.301 e. The number of benzene rings is 1. The molecule has 1 aliphatic rings. The SMILES string of the molecule is Cc1ccc([N+](=O)[O-])cc1NS(=O)(=O)N1CCNCC1. The molecule has 110 valence electrons. The lowest BCUT2D eigenvalue weighted by atomic mass is 10.2. The summed E-state index contributed by atoms with van der Waals surface area (Å²) in [6, 6.07) is 4.10. The van der Waals surface area contributed by atoms with Gasteiger partial charge >= 0.3 is 10.2 Å². The third kappa shape index (κ3) is 3.24. The molecule has 0 radical (unpaired) electrons. The zero-order valence-corrected chi connectivity index (χ0v) is 11.8. The van der Waals surface area contributed by atoms with Gasteiger partial charge in [0.15, 0.2) is 0 Å². The lowest BCUT2D eigenvalue weighted by molar-refractivity contribution is -0.384. The van der Waals surface area contributed by atoms with Crippen molar-refractivity contribution in [3.05, 3.63) is 33.9 Å². The molecule has 9 heteroatoms. The van der Waals surface area contributed by atoms with Gasteiger partial charge in [-0.1, -0.05) is 6.07 Å². The highest BCUT2D eigenvalue weighted by Crippen LogP contribution is 2.23. The molecule has 1 saturated heterocycles. The third-order valence-corrected chi connectivity index (χ3v) is 4.61. The van der Waals surface area contributed by atoms with Gasteiger partial charge in [-0.25, -0.2) is 0 Å². The summed E-state index contributed by atoms with van der Waals surface area (Å²) >= 11 is 0. The summed E-state index contributed by atoms with van der Waals surface area (Å²) in [5.41, 5.74) is 0.723. The Bertz CT molecular complexity index is 611. The third-order valence-electron chi connectivity index (χ3n) is 3.09. The molecule has 0 amide bonds. The summed E-state index contributed by atoms with van der Waals surface area (Å²) in [4.78, 5) is 10.2. The fraction of sp³-hybridized carbons (Fsp3) is 0.455. The van der Waals surface area contributed by atoms with Crippen LogP contribution in [0.15, 0.2) is 18.2 Å². The molecular formula is C11H16N4O4S. The molecule has 2 N–H and O–H groups in total. The van der Waals surface area contributed by atoms with E-state index in [1.165, 1.54) is 22.5 Å². The van der Waals surface area contributed by atoms with Gasteiger partial charge in [0.1, 0.15) is 0 Å². The second-order valence-electron chi connectivity index (χ2n) is 4.51. The van der Waals surface area contributed by atoms with Crippen molar-refractivity contribution in [1.29, 1.82) is 0 Å². The highest BCUT2D eigenvalue weighted by Gasteiger charge is 2.24. The van der Waals surface area contributed by atoms with Crippen LogP contribution in [0.2, 0.25) is 0 Å². The summed E-state index contributed by atoms with van der Waals surface area (Å²) in [6.07, 6.45) is 0. The van der Waals surface area contributed by atoms with Crippen molar-refractivity contribution >= 4 is 21.6 Å². The Morgan fingerprint density at radius 2 is 2.00 bits per heavy atom. The van der Waals surface area contributed by atoms with E-state index in [1.807, 2.05) is 0 Å². The standard InChI is InChI=1S/C11H16N4O4S/c1-9-2-3-10(15(16)17)8-11(9)13-20(18,19)14-6-4-12-5-7-14/h2-3,8,12-13H,4-7H2,1H3. The molecular weight excluding hydrogens is 284 g/mol. The molecule has 1 heterocycles. The van der Waals surface area contributed by atoms with E-state index in [4.69, 9.17) is 0 Å². The summed E-state index contributed by atoms with van der Waals surface area (Å²) in [7, 11) is -3.68. The number of rotatable bonds is 4. The molecule has 0 bridgehead atoms. The van der Waals surface area contributed by atoms with Crippen LogP contribution in [0, 0.1) is 17.0 Å². The second-order valence-corrected chi connectivity index (χ2v) is 6.18. The lowest BCUT2D eigenvalue weighted by Crippen LogP contribution is -2.48. The Kier molecular flexibility index (Phi) is 4.21. The van der Waals surface area contributed by atoms with Gasteiger partial charge < -0.3 is 5.32 Å². The smallest absolute Gasteiger partial charge is 0.301 e. The number of nitro benzene ring substituents is 1. The Morgan fingerprint density at radius 3 is 2.60 bits per heavy atom. The van der Waals surface area contributed by atoms with Crippen LogP contribution in [-0.4, -0.2) is 43.8 Å². The van der Waals surface area contributed by atoms with Crippen LogP contribution in [0.1, 0.15) is 5.56 Å². The molecule has 0 aliphatic carbocycles. The maximum atomic E-state index is 12.2. The fourth-order valence-corrected chi connectivity index (χ4v) is 3.21. The molecule has 1 aromatic carbocycles. The van der Waals surface area contributed by atoms with Gasteiger partial charge in [-0.3, -0.25) is 14.8 Å². The molecule has 20 heavy (non-hydrogen) atoms. The second kappa shape index (κ2) is 5.73. The molecule has 0 aromatic heterocycles. The van der Waals surface area contributed by atoms with Crippen molar-refractivity contribution < 1.29 is 13.3 Å². The summed E-state index contributed by atoms with van der Waals surface area (Å²) in [5.74, 6) is 0. The monoisotopic (exact) mass is 300 g/mol. The van der Waals surface area contributed by atoms with Crippen LogP contribution in [0.5, 0.6) is 0 Å². The molecule has 0 unspecified atom stereocenters. The van der Waals surface area contributed by atoms with E-state index in [1.54, 1.807) is 6.92 Å². The van der Waals surface area contributed by atoms with Gasteiger partial charge in [-0.2, -0.15) is 12.7 Å². The van der Waals surface area contributed by atoms with Gasteiger partial charge in [0.25, 0.3) is 5.69 Å². The highest BCUT2D eigenvalue weighted by atomic mass is 32.2. The first kappa shape index (κ1) is 14.7. The molecule has 0 spiro atoms. The van der Waals surface area contributed by atoms with E-state index < -0.39 is 15.1 Å². The quantitative estimate of drug-likeness (QED) is 0.621. The number of piperazine rings is 1. The normalized spacial score (nSPS) is 16.9. The van der Waals surface area contributed by atoms with Crippen molar-refractivity contribution in [2.45, 2.75) is 6.92 Å². The van der Waals surface area contributed by atoms with Gasteiger partial charge in [0.2, 0.25) is 0 Å². The Balaban J connectivity index is 2.24. The predicted molar refractivity (Wildman–Crippen MR) is 74.8 cm³/mol. The molecule has 1 aromatic rings. The largest absolute Gasteiger partial charge is 0.314 e. The van der Waals surface area contributed by atoms with E-state index in [2.05, 4.69) is 10.0 Å². The first-order valence-corrected chi connectivity index (χ1v) is 7.58. The predicted octanol–water partition coefficient (Wildman–Crippen LogP) is 0.465. The van der Waals surface area contributed by atoms with Crippen molar-refractivity contribution in [2.24, 2.45) is 0 Å². The first-order valence-electron chi connectivity index (χ1n) is 6.14. The van der Waals surface area contributed by atoms with Crippen molar-refractivity contribution in [3.63, 3.8) is 0 Å². The molecule has 2 rings (SSSR count). The number of nitrogens with one attached hydrogen (secondary N) is 2. The summed E-state index contributed by atoms with van der Waals surface area (Å²) in [5, 5.41) is 13.8. The van der Waals surface area contributed by atoms with Crippen LogP contribution < -0.4 is 10.0 Å². The highest BCUT2D eigenvalue weighted by molar-refractivity contribution is 7.90. The van der Waals surface area contributed by atoms with Crippen LogP contribution in [0.25, 0.3) is 0 Å². The average molecular weight is 300 g/mol. The number of non-ortho nitro benzene ring substituents is 1. The number of anilines is 1. The zero-order chi connectivity index (χ0) is 14.8. The molecule has 1 aliphatic heterocycles. The number of nitrogens with zero attached hydrogens (tertiary/aromatic N) is 2. The first-order chi connectivity index (χ1) is 9.40. The number of nitro groups is 1. The van der Waals surface area contributed by atoms with E-state index in [0.29, 0.717) is 31.7 Å². The molecule has 0 atom stereocenters. The molecule has 0 saturated carbocycles. The van der Waals surface area contributed by atoms with Crippen molar-refractivity contribution in [2.75, 3.05) is 30.9 Å². The number of hydrogen-bond acceptors (Lipinski definition) is 5. The van der Waals surface area contributed by atoms with Crippen molar-refractivity contribution in [3.8, 4) is 0 Å². The number of hydrogen-bond donors (Lipinski definition) is 2. The minimum absolute atomic E-state index is 0.145. The van der Waals surface area contributed by atoms with Crippen LogP contribution in [0.3, 0.4) is 0 Å². The van der Waals surface area contributed by atoms with Gasteiger partial charge in [-0.05, 0) is 12.5 Å². The van der Waals surface area contributed by atoms with Gasteiger partial charge in [0, 0.05) is 38.3 Å². The van der Waals surface area contributed by atoms with E-state index in [0.717, 1.165) is 0 Å². The van der Waals surface area contributed by atoms with Gasteiger partial charge in [0.05, 0.1) is 10.6 Å². The minimum atomic E-state index is -3.68. The topological polar surface area (TPSA) is 105 Å². The van der Waals surface area contributed by atoms with Crippen LogP contribution in [0.4, 0.5) is 11.4 Å². The Morgan fingerprint density at radius 1 is 1.35 bits per heavy atom. The molecule has 1 fully saturated rings. The lowest BCUT2D eigenvalue weighted by Gasteiger charge is -2.27. The summed E-state index contributed by atoms with van der Waals surface area (Å²) < 4.78 is 28.1. The van der Waals surface area contributed by atoms with Gasteiger partial charge in [-0.15, -0.1) is 0 Å². The Hall–Kier alpha value is -1.71. The van der Waals surface area contributed by atoms with E-state index >= 15 is 0 Å². The maximum absolute atomic E-state index is 12.2. The minimum Gasteiger partial charge on any atom is -0.314 e. The van der Waals surface area contributed by atoms with E-state index in [9.17, 15) is 18.5 Å². The van der Waals surface area contributed by atoms with Crippen LogP contribution >= 0.6 is 0 Å². The number of aryl methyl sites for hydroxylation is 1. The summed E-state index contributed by atoms with van der Waals surface area (Å²) in [6.45, 7) is 3.63. The average Bonchev–Trinajstić information content (AvgIpc) is 2.42.